The molecule has 6 nitrogen and oxygen atoms in total. The van der Waals surface area contributed by atoms with E-state index >= 15 is 0 Å². The summed E-state index contributed by atoms with van der Waals surface area (Å²) >= 11 is 0. The van der Waals surface area contributed by atoms with Crippen LogP contribution < -0.4 is 4.74 Å². The van der Waals surface area contributed by atoms with Crippen LogP contribution in [0.5, 0.6) is 11.5 Å². The highest BCUT2D eigenvalue weighted by Crippen LogP contribution is 2.39. The molecule has 0 aliphatic rings. The van der Waals surface area contributed by atoms with Crippen LogP contribution in [0.25, 0.3) is 83.4 Å². The fraction of sp³-hybridized carbons (Fsp3) is 0.0943. The molecule has 0 fully saturated rings. The molecule has 11 aromatic rings. The number of nitrogens with zero attached hydrogens (tertiary/aromatic N) is 5. The van der Waals surface area contributed by atoms with Crippen molar-refractivity contribution in [3.63, 3.8) is 0 Å². The van der Waals surface area contributed by atoms with Crippen molar-refractivity contribution < 1.29 is 4.74 Å². The van der Waals surface area contributed by atoms with E-state index in [0.717, 1.165) is 89.3 Å². The number of rotatable bonds is 6. The number of para-hydroxylation sites is 4. The highest BCUT2D eigenvalue weighted by molar-refractivity contribution is 6.10. The monoisotopic (exact) mass is 763 g/mol. The molecule has 0 aliphatic carbocycles. The van der Waals surface area contributed by atoms with Crippen LogP contribution in [0.3, 0.4) is 0 Å². The molecular formula is C53H41N5O. The third-order valence-corrected chi connectivity index (χ3v) is 11.7. The van der Waals surface area contributed by atoms with Crippen LogP contribution in [-0.4, -0.2) is 23.5 Å². The van der Waals surface area contributed by atoms with Crippen LogP contribution in [0.4, 0.5) is 0 Å². The van der Waals surface area contributed by atoms with Gasteiger partial charge in [0.2, 0.25) is 5.78 Å². The maximum absolute atomic E-state index is 6.75. The highest BCUT2D eigenvalue weighted by Gasteiger charge is 2.20. The Morgan fingerprint density at radius 3 is 2.03 bits per heavy atom. The molecule has 0 saturated carbocycles. The minimum Gasteiger partial charge on any atom is -0.457 e. The Kier molecular flexibility index (Phi) is 7.85. The van der Waals surface area contributed by atoms with Gasteiger partial charge >= 0.3 is 0 Å². The van der Waals surface area contributed by atoms with Gasteiger partial charge in [0, 0.05) is 34.7 Å². The average Bonchev–Trinajstić information content (AvgIpc) is 3.90. The molecular weight excluding hydrogens is 723 g/mol. The van der Waals surface area contributed by atoms with Crippen molar-refractivity contribution in [3.05, 3.63) is 187 Å². The van der Waals surface area contributed by atoms with E-state index in [2.05, 4.69) is 193 Å². The lowest BCUT2D eigenvalue weighted by molar-refractivity contribution is 0.483. The molecule has 0 unspecified atom stereocenters. The van der Waals surface area contributed by atoms with Crippen LogP contribution >= 0.6 is 0 Å². The summed E-state index contributed by atoms with van der Waals surface area (Å²) in [6.45, 7) is 8.92. The number of aromatic nitrogens is 5. The van der Waals surface area contributed by atoms with E-state index in [-0.39, 0.29) is 5.41 Å². The predicted molar refractivity (Wildman–Crippen MR) is 242 cm³/mol. The van der Waals surface area contributed by atoms with E-state index in [4.69, 9.17) is 14.7 Å². The van der Waals surface area contributed by atoms with Gasteiger partial charge in [0.05, 0.1) is 38.8 Å². The SMILES string of the molecule is Cc1cc(-n2c3ccc(-c4ccccc4)cc3c3ccc(Oc4cccc(-n5c6ccccc6n6c7ccccc7nc56)c4)cc32)ncc1-c1ccc(C(C)(C)C)cc1. The number of hydrogen-bond donors (Lipinski definition) is 0. The minimum atomic E-state index is 0.0953. The molecule has 4 aromatic heterocycles. The summed E-state index contributed by atoms with van der Waals surface area (Å²) in [5.74, 6) is 3.20. The fourth-order valence-electron chi connectivity index (χ4n) is 8.66. The Morgan fingerprint density at radius 1 is 0.508 bits per heavy atom. The smallest absolute Gasteiger partial charge is 0.220 e. The van der Waals surface area contributed by atoms with Crippen LogP contribution in [0, 0.1) is 6.92 Å². The van der Waals surface area contributed by atoms with Crippen molar-refractivity contribution in [1.29, 1.82) is 0 Å². The topological polar surface area (TPSA) is 49.3 Å². The van der Waals surface area contributed by atoms with Crippen molar-refractivity contribution in [3.8, 4) is 45.3 Å². The first-order valence-electron chi connectivity index (χ1n) is 20.1. The van der Waals surface area contributed by atoms with Gasteiger partial charge < -0.3 is 4.74 Å². The Morgan fingerprint density at radius 2 is 1.24 bits per heavy atom. The Hall–Kier alpha value is -7.44. The third-order valence-electron chi connectivity index (χ3n) is 11.7. The Labute approximate surface area is 342 Å². The van der Waals surface area contributed by atoms with Gasteiger partial charge in [-0.3, -0.25) is 13.5 Å². The molecule has 59 heavy (non-hydrogen) atoms. The molecule has 0 radical (unpaired) electrons. The van der Waals surface area contributed by atoms with Gasteiger partial charge in [0.15, 0.2) is 0 Å². The molecule has 11 rings (SSSR count). The lowest BCUT2D eigenvalue weighted by Crippen LogP contribution is -2.10. The summed E-state index contributed by atoms with van der Waals surface area (Å²) in [6.07, 6.45) is 2.02. The standard InChI is InChI=1S/C53H41N5O/c1-34-29-51(54-33-44(34)36-21-24-38(25-22-36)53(2,3)4)57-46-28-23-37(35-13-6-5-7-14-35)30-43(46)42-27-26-41(32-50(42)57)59-40-16-12-15-39(31-40)56-48-19-10-11-20-49(48)58-47-18-9-8-17-45(47)55-52(56)58/h5-33H,1-4H3. The maximum atomic E-state index is 6.75. The molecule has 0 amide bonds. The minimum absolute atomic E-state index is 0.0953. The van der Waals surface area contributed by atoms with Crippen molar-refractivity contribution in [2.24, 2.45) is 0 Å². The number of pyridine rings is 1. The Bertz CT molecular complexity index is 3400. The normalized spacial score (nSPS) is 12.1. The van der Waals surface area contributed by atoms with E-state index in [1.165, 1.54) is 16.7 Å². The number of benzene rings is 7. The lowest BCUT2D eigenvalue weighted by atomic mass is 9.86. The summed E-state index contributed by atoms with van der Waals surface area (Å²) in [4.78, 5) is 10.2. The molecule has 0 spiro atoms. The van der Waals surface area contributed by atoms with Crippen molar-refractivity contribution in [1.82, 2.24) is 23.5 Å². The Balaban J connectivity index is 1.02. The molecule has 0 bridgehead atoms. The van der Waals surface area contributed by atoms with Crippen molar-refractivity contribution in [2.45, 2.75) is 33.1 Å². The zero-order valence-electron chi connectivity index (χ0n) is 33.4. The van der Waals surface area contributed by atoms with Gasteiger partial charge in [-0.15, -0.1) is 0 Å². The second-order valence-corrected chi connectivity index (χ2v) is 16.5. The molecule has 0 saturated heterocycles. The summed E-state index contributed by atoms with van der Waals surface area (Å²) in [6, 6.07) is 59.8. The molecule has 284 valence electrons. The summed E-state index contributed by atoms with van der Waals surface area (Å²) < 4.78 is 13.5. The largest absolute Gasteiger partial charge is 0.457 e. The molecule has 4 heterocycles. The zero-order valence-corrected chi connectivity index (χ0v) is 33.4. The summed E-state index contributed by atoms with van der Waals surface area (Å²) in [5.41, 5.74) is 14.5. The second kappa shape index (κ2) is 13.3. The van der Waals surface area contributed by atoms with Crippen LogP contribution in [0.2, 0.25) is 0 Å². The van der Waals surface area contributed by atoms with E-state index < -0.39 is 0 Å². The fourth-order valence-corrected chi connectivity index (χ4v) is 8.66. The highest BCUT2D eigenvalue weighted by atomic mass is 16.5. The van der Waals surface area contributed by atoms with E-state index in [1.54, 1.807) is 0 Å². The van der Waals surface area contributed by atoms with Crippen LogP contribution in [0.1, 0.15) is 31.9 Å². The van der Waals surface area contributed by atoms with Gasteiger partial charge in [-0.2, -0.15) is 0 Å². The van der Waals surface area contributed by atoms with Gasteiger partial charge in [0.1, 0.15) is 17.3 Å². The van der Waals surface area contributed by atoms with Crippen molar-refractivity contribution >= 4 is 49.7 Å². The van der Waals surface area contributed by atoms with E-state index in [9.17, 15) is 0 Å². The van der Waals surface area contributed by atoms with Crippen molar-refractivity contribution in [2.75, 3.05) is 0 Å². The third kappa shape index (κ3) is 5.78. The van der Waals surface area contributed by atoms with Gasteiger partial charge in [-0.1, -0.05) is 112 Å². The number of aryl methyl sites for hydroxylation is 1. The second-order valence-electron chi connectivity index (χ2n) is 16.5. The van der Waals surface area contributed by atoms with Gasteiger partial charge in [-0.05, 0) is 107 Å². The maximum Gasteiger partial charge on any atom is 0.220 e. The zero-order chi connectivity index (χ0) is 39.8. The van der Waals surface area contributed by atoms with E-state index in [1.807, 2.05) is 24.4 Å². The van der Waals surface area contributed by atoms with Gasteiger partial charge in [-0.25, -0.2) is 9.97 Å². The van der Waals surface area contributed by atoms with Gasteiger partial charge in [0.25, 0.3) is 0 Å². The van der Waals surface area contributed by atoms with E-state index in [0.29, 0.717) is 0 Å². The van der Waals surface area contributed by atoms with Crippen LogP contribution in [0.15, 0.2) is 176 Å². The molecule has 0 atom stereocenters. The summed E-state index contributed by atoms with van der Waals surface area (Å²) in [5, 5.41) is 2.29. The molecule has 7 aromatic carbocycles. The first kappa shape index (κ1) is 34.8. The number of hydrogen-bond acceptors (Lipinski definition) is 3. The number of fused-ring (bicyclic) bond motifs is 8. The molecule has 0 N–H and O–H groups in total. The number of imidazole rings is 2. The number of ether oxygens (including phenoxy) is 1. The molecule has 0 aliphatic heterocycles. The van der Waals surface area contributed by atoms with Crippen LogP contribution in [-0.2, 0) is 5.41 Å². The average molecular weight is 764 g/mol. The lowest BCUT2D eigenvalue weighted by Gasteiger charge is -2.19. The molecule has 6 heteroatoms. The first-order valence-corrected chi connectivity index (χ1v) is 20.1. The quantitative estimate of drug-likeness (QED) is 0.169. The summed E-state index contributed by atoms with van der Waals surface area (Å²) in [7, 11) is 0. The first-order chi connectivity index (χ1) is 28.8. The predicted octanol–water partition coefficient (Wildman–Crippen LogP) is 13.7.